The van der Waals surface area contributed by atoms with E-state index in [0.717, 1.165) is 25.7 Å². The summed E-state index contributed by atoms with van der Waals surface area (Å²) in [6, 6.07) is 1.43. The minimum absolute atomic E-state index is 0.389. The number of nitrogens with one attached hydrogen (secondary N) is 1. The van der Waals surface area contributed by atoms with E-state index in [-0.39, 0.29) is 0 Å². The maximum absolute atomic E-state index is 5.81. The Morgan fingerprint density at radius 3 is 2.63 bits per heavy atom. The highest BCUT2D eigenvalue weighted by atomic mass is 16.5. The number of hydrogen-bond donors (Lipinski definition) is 1. The average Bonchev–Trinajstić information content (AvgIpc) is 3.21. The summed E-state index contributed by atoms with van der Waals surface area (Å²) >= 11 is 0. The van der Waals surface area contributed by atoms with E-state index in [1.54, 1.807) is 0 Å². The van der Waals surface area contributed by atoms with Crippen LogP contribution < -0.4 is 5.32 Å². The fourth-order valence-corrected chi connectivity index (χ4v) is 2.94. The molecule has 1 aliphatic carbocycles. The Morgan fingerprint density at radius 1 is 1.32 bits per heavy atom. The summed E-state index contributed by atoms with van der Waals surface area (Å²) in [5, 5.41) is 3.72. The van der Waals surface area contributed by atoms with Crippen molar-refractivity contribution >= 4 is 0 Å². The maximum Gasteiger partial charge on any atom is 0.0674 e. The van der Waals surface area contributed by atoms with Gasteiger partial charge in [-0.2, -0.15) is 0 Å². The van der Waals surface area contributed by atoms with Gasteiger partial charge in [-0.15, -0.1) is 0 Å². The Hall–Kier alpha value is -0.120. The third-order valence-electron chi connectivity index (χ3n) is 4.89. The van der Waals surface area contributed by atoms with Gasteiger partial charge in [-0.25, -0.2) is 0 Å². The molecule has 0 aromatic rings. The molecule has 1 heterocycles. The van der Waals surface area contributed by atoms with E-state index in [0.29, 0.717) is 17.6 Å². The van der Waals surface area contributed by atoms with Crippen molar-refractivity contribution in [1.29, 1.82) is 0 Å². The van der Waals surface area contributed by atoms with Crippen LogP contribution in [0.25, 0.3) is 0 Å². The summed E-state index contributed by atoms with van der Waals surface area (Å²) in [6.07, 6.45) is 5.59. The van der Waals surface area contributed by atoms with Crippen LogP contribution in [0, 0.1) is 5.41 Å². The summed E-state index contributed by atoms with van der Waals surface area (Å²) in [4.78, 5) is 2.67. The molecule has 1 aliphatic heterocycles. The number of hydrogen-bond acceptors (Lipinski definition) is 3. The molecule has 1 N–H and O–H groups in total. The Kier molecular flexibility index (Phi) is 5.27. The molecular formula is C16H32N2O. The summed E-state index contributed by atoms with van der Waals surface area (Å²) in [5.74, 6) is 0. The average molecular weight is 268 g/mol. The van der Waals surface area contributed by atoms with Crippen molar-refractivity contribution in [3.63, 3.8) is 0 Å². The van der Waals surface area contributed by atoms with Crippen molar-refractivity contribution in [2.45, 2.75) is 71.6 Å². The molecule has 0 bridgehead atoms. The molecular weight excluding hydrogens is 236 g/mol. The monoisotopic (exact) mass is 268 g/mol. The summed E-state index contributed by atoms with van der Waals surface area (Å²) < 4.78 is 5.81. The highest BCUT2D eigenvalue weighted by molar-refractivity contribution is 4.89. The zero-order valence-corrected chi connectivity index (χ0v) is 13.2. The molecule has 2 fully saturated rings. The predicted octanol–water partition coefficient (Wildman–Crippen LogP) is 2.65. The van der Waals surface area contributed by atoms with Crippen LogP contribution in [0.4, 0.5) is 0 Å². The fourth-order valence-electron chi connectivity index (χ4n) is 2.94. The molecule has 2 aliphatic rings. The molecule has 0 radical (unpaired) electrons. The van der Waals surface area contributed by atoms with Crippen LogP contribution in [0.1, 0.15) is 53.4 Å². The van der Waals surface area contributed by atoms with Crippen LogP contribution in [0.15, 0.2) is 0 Å². The summed E-state index contributed by atoms with van der Waals surface area (Å²) in [6.45, 7) is 13.6. The molecule has 0 aromatic heterocycles. The van der Waals surface area contributed by atoms with Crippen molar-refractivity contribution in [2.24, 2.45) is 5.41 Å². The van der Waals surface area contributed by atoms with E-state index < -0.39 is 0 Å². The quantitative estimate of drug-likeness (QED) is 0.768. The van der Waals surface area contributed by atoms with Gasteiger partial charge >= 0.3 is 0 Å². The minimum atomic E-state index is 0.389. The molecule has 3 atom stereocenters. The van der Waals surface area contributed by atoms with Crippen LogP contribution in [0.5, 0.6) is 0 Å². The van der Waals surface area contributed by atoms with E-state index in [9.17, 15) is 0 Å². The second-order valence-corrected chi connectivity index (χ2v) is 6.95. The first-order valence-electron chi connectivity index (χ1n) is 8.15. The number of nitrogens with zero attached hydrogens (tertiary/aromatic N) is 1. The Bertz CT molecular complexity index is 280. The topological polar surface area (TPSA) is 24.5 Å². The molecule has 1 saturated carbocycles. The van der Waals surface area contributed by atoms with E-state index in [2.05, 4.69) is 37.9 Å². The first-order valence-corrected chi connectivity index (χ1v) is 8.15. The van der Waals surface area contributed by atoms with Crippen molar-refractivity contribution in [1.82, 2.24) is 10.2 Å². The second kappa shape index (κ2) is 6.55. The zero-order valence-electron chi connectivity index (χ0n) is 13.2. The van der Waals surface area contributed by atoms with Gasteiger partial charge in [-0.3, -0.25) is 4.90 Å². The molecule has 19 heavy (non-hydrogen) atoms. The van der Waals surface area contributed by atoms with Gasteiger partial charge in [-0.05, 0) is 38.0 Å². The third kappa shape index (κ3) is 4.44. The van der Waals surface area contributed by atoms with E-state index in [1.807, 2.05) is 0 Å². The normalized spacial score (nSPS) is 32.2. The molecule has 1 saturated heterocycles. The zero-order chi connectivity index (χ0) is 13.9. The van der Waals surface area contributed by atoms with Gasteiger partial charge in [0.25, 0.3) is 0 Å². The summed E-state index contributed by atoms with van der Waals surface area (Å²) in [5.41, 5.74) is 0.396. The first kappa shape index (κ1) is 15.3. The van der Waals surface area contributed by atoms with Crippen molar-refractivity contribution in [2.75, 3.05) is 26.2 Å². The van der Waals surface area contributed by atoms with Gasteiger partial charge in [0.2, 0.25) is 0 Å². The SMILES string of the molecule is CCC1COC(C)CN1CC(C)(CC)CNC1CC1. The Balaban J connectivity index is 1.89. The van der Waals surface area contributed by atoms with Crippen molar-refractivity contribution in [3.8, 4) is 0 Å². The summed E-state index contributed by atoms with van der Waals surface area (Å²) in [7, 11) is 0. The predicted molar refractivity (Wildman–Crippen MR) is 80.5 cm³/mol. The molecule has 3 nitrogen and oxygen atoms in total. The van der Waals surface area contributed by atoms with Crippen molar-refractivity contribution in [3.05, 3.63) is 0 Å². The van der Waals surface area contributed by atoms with Gasteiger partial charge in [0.05, 0.1) is 12.7 Å². The second-order valence-electron chi connectivity index (χ2n) is 6.95. The van der Waals surface area contributed by atoms with Crippen LogP contribution in [0.2, 0.25) is 0 Å². The van der Waals surface area contributed by atoms with E-state index >= 15 is 0 Å². The largest absolute Gasteiger partial charge is 0.376 e. The fraction of sp³-hybridized carbons (Fsp3) is 1.00. The number of rotatable bonds is 7. The third-order valence-corrected chi connectivity index (χ3v) is 4.89. The lowest BCUT2D eigenvalue weighted by Gasteiger charge is -2.43. The lowest BCUT2D eigenvalue weighted by molar-refractivity contribution is -0.0681. The van der Waals surface area contributed by atoms with E-state index in [4.69, 9.17) is 4.74 Å². The Labute approximate surface area is 119 Å². The van der Waals surface area contributed by atoms with Crippen molar-refractivity contribution < 1.29 is 4.74 Å². The lowest BCUT2D eigenvalue weighted by atomic mass is 9.85. The maximum atomic E-state index is 5.81. The van der Waals surface area contributed by atoms with Crippen LogP contribution >= 0.6 is 0 Å². The van der Waals surface area contributed by atoms with E-state index in [1.165, 1.54) is 32.2 Å². The standard InChI is InChI=1S/C16H32N2O/c1-5-15-10-19-13(3)9-18(15)12-16(4,6-2)11-17-14-7-8-14/h13-15,17H,5-12H2,1-4H3. The molecule has 0 spiro atoms. The van der Waals surface area contributed by atoms with Crippen LogP contribution in [-0.2, 0) is 4.74 Å². The highest BCUT2D eigenvalue weighted by Gasteiger charge is 2.33. The molecule has 0 amide bonds. The molecule has 2 rings (SSSR count). The van der Waals surface area contributed by atoms with Gasteiger partial charge in [0.15, 0.2) is 0 Å². The molecule has 0 aromatic carbocycles. The van der Waals surface area contributed by atoms with Crippen LogP contribution in [0.3, 0.4) is 0 Å². The van der Waals surface area contributed by atoms with Crippen LogP contribution in [-0.4, -0.2) is 49.3 Å². The highest BCUT2D eigenvalue weighted by Crippen LogP contribution is 2.28. The number of morpholine rings is 1. The Morgan fingerprint density at radius 2 is 2.05 bits per heavy atom. The van der Waals surface area contributed by atoms with Gasteiger partial charge in [-0.1, -0.05) is 20.8 Å². The minimum Gasteiger partial charge on any atom is -0.376 e. The number of ether oxygens (including phenoxy) is 1. The molecule has 3 heteroatoms. The smallest absolute Gasteiger partial charge is 0.0674 e. The van der Waals surface area contributed by atoms with Gasteiger partial charge < -0.3 is 10.1 Å². The molecule has 3 unspecified atom stereocenters. The van der Waals surface area contributed by atoms with Gasteiger partial charge in [0.1, 0.15) is 0 Å². The first-order chi connectivity index (χ1) is 9.06. The van der Waals surface area contributed by atoms with Gasteiger partial charge in [0, 0.05) is 31.7 Å². The molecule has 112 valence electrons. The lowest BCUT2D eigenvalue weighted by Crippen LogP contribution is -2.53.